The number of pyridine rings is 1. The summed E-state index contributed by atoms with van der Waals surface area (Å²) in [5, 5.41) is 11.2. The fourth-order valence-corrected chi connectivity index (χ4v) is 6.08. The number of anilines is 4. The highest BCUT2D eigenvalue weighted by molar-refractivity contribution is 7.93. The summed E-state index contributed by atoms with van der Waals surface area (Å²) in [4.78, 5) is 21.9. The lowest BCUT2D eigenvalue weighted by Gasteiger charge is -2.35. The predicted molar refractivity (Wildman–Crippen MR) is 147 cm³/mol. The Morgan fingerprint density at radius 3 is 2.33 bits per heavy atom. The largest absolute Gasteiger partial charge is 0.395 e. The number of aromatic nitrogens is 1. The number of aliphatic hydroxyl groups is 1. The summed E-state index contributed by atoms with van der Waals surface area (Å²) in [6, 6.07) is 9.90. The Bertz CT molecular complexity index is 1320. The van der Waals surface area contributed by atoms with Crippen molar-refractivity contribution in [2.75, 3.05) is 52.6 Å². The number of carbonyl (C=O) groups excluding carboxylic acids is 1. The van der Waals surface area contributed by atoms with E-state index in [1.807, 2.05) is 0 Å². The maximum atomic E-state index is 13.6. The summed E-state index contributed by atoms with van der Waals surface area (Å²) >= 11 is 0. The molecule has 39 heavy (non-hydrogen) atoms. The van der Waals surface area contributed by atoms with Crippen molar-refractivity contribution in [2.24, 2.45) is 5.41 Å². The first-order valence-electron chi connectivity index (χ1n) is 13.4. The first-order chi connectivity index (χ1) is 18.5. The van der Waals surface area contributed by atoms with E-state index in [0.717, 1.165) is 25.9 Å². The van der Waals surface area contributed by atoms with Gasteiger partial charge in [-0.15, -0.1) is 0 Å². The van der Waals surface area contributed by atoms with E-state index in [4.69, 9.17) is 0 Å². The molecule has 3 N–H and O–H groups in total. The van der Waals surface area contributed by atoms with Gasteiger partial charge in [0.15, 0.2) is 0 Å². The van der Waals surface area contributed by atoms with Crippen molar-refractivity contribution in [1.29, 1.82) is 0 Å². The van der Waals surface area contributed by atoms with Gasteiger partial charge in [0.05, 0.1) is 23.5 Å². The Hall–Kier alpha value is -2.99. The number of rotatable bonds is 8. The number of benzene rings is 1. The summed E-state index contributed by atoms with van der Waals surface area (Å²) < 4.78 is 54.8. The van der Waals surface area contributed by atoms with E-state index >= 15 is 0 Å². The van der Waals surface area contributed by atoms with Gasteiger partial charge < -0.3 is 20.2 Å². The van der Waals surface area contributed by atoms with Gasteiger partial charge in [-0.2, -0.15) is 0 Å². The number of amides is 1. The average Bonchev–Trinajstić information content (AvgIpc) is 3.67. The standard InChI is InChI=1S/C27H35F2N5O4S/c1-19(18-35)39(37,38)32-20-5-6-21(22(17-20)33-13-9-26(7-8-26)10-14-33)25(36)31-23-3-2-4-24(30-23)34-15-11-27(28,29)12-16-34/h2-6,17,19,32,35H,7-16,18H2,1H3,(H,30,31,36). The van der Waals surface area contributed by atoms with E-state index in [1.165, 1.54) is 25.8 Å². The van der Waals surface area contributed by atoms with Crippen LogP contribution in [-0.4, -0.2) is 68.4 Å². The summed E-state index contributed by atoms with van der Waals surface area (Å²) in [6.07, 6.45) is 4.01. The second kappa shape index (κ2) is 10.5. The molecule has 1 amide bonds. The normalized spacial score (nSPS) is 20.9. The van der Waals surface area contributed by atoms with Crippen LogP contribution < -0.4 is 19.8 Å². The molecule has 1 aromatic heterocycles. The van der Waals surface area contributed by atoms with Crippen LogP contribution in [0.3, 0.4) is 0 Å². The molecule has 9 nitrogen and oxygen atoms in total. The molecule has 1 saturated carbocycles. The predicted octanol–water partition coefficient (Wildman–Crippen LogP) is 4.07. The first kappa shape index (κ1) is 27.6. The van der Waals surface area contributed by atoms with Crippen LogP contribution in [0.4, 0.5) is 31.8 Å². The van der Waals surface area contributed by atoms with Gasteiger partial charge in [0.1, 0.15) is 16.9 Å². The van der Waals surface area contributed by atoms with Crippen molar-refractivity contribution in [3.8, 4) is 0 Å². The molecule has 1 aromatic carbocycles. The molecule has 3 aliphatic rings. The van der Waals surface area contributed by atoms with Gasteiger partial charge in [-0.05, 0) is 68.4 Å². The minimum Gasteiger partial charge on any atom is -0.395 e. The maximum absolute atomic E-state index is 13.6. The van der Waals surface area contributed by atoms with Gasteiger partial charge in [-0.25, -0.2) is 22.2 Å². The fourth-order valence-electron chi connectivity index (χ4n) is 5.23. The van der Waals surface area contributed by atoms with Crippen molar-refractivity contribution in [3.05, 3.63) is 42.0 Å². The van der Waals surface area contributed by atoms with Crippen LogP contribution in [-0.2, 0) is 10.0 Å². The van der Waals surface area contributed by atoms with Crippen LogP contribution in [0.1, 0.15) is 55.8 Å². The highest BCUT2D eigenvalue weighted by Gasteiger charge is 2.44. The van der Waals surface area contributed by atoms with Gasteiger partial charge in [-0.1, -0.05) is 6.07 Å². The Balaban J connectivity index is 1.37. The number of carbonyl (C=O) groups is 1. The van der Waals surface area contributed by atoms with Crippen molar-refractivity contribution >= 4 is 38.9 Å². The average molecular weight is 564 g/mol. The monoisotopic (exact) mass is 563 g/mol. The van der Waals surface area contributed by atoms with Crippen LogP contribution in [0.25, 0.3) is 0 Å². The smallest absolute Gasteiger partial charge is 0.258 e. The molecule has 3 heterocycles. The number of piperidine rings is 2. The lowest BCUT2D eigenvalue weighted by Crippen LogP contribution is -2.39. The number of nitrogens with one attached hydrogen (secondary N) is 2. The van der Waals surface area contributed by atoms with Crippen LogP contribution in [0, 0.1) is 5.41 Å². The van der Waals surface area contributed by atoms with E-state index in [0.29, 0.717) is 34.0 Å². The number of halogens is 2. The zero-order valence-corrected chi connectivity index (χ0v) is 22.8. The SMILES string of the molecule is CC(CO)S(=O)(=O)Nc1ccc(C(=O)Nc2cccc(N3CCC(F)(F)CC3)n2)c(N2CCC3(CC2)CC3)c1. The molecule has 1 atom stereocenters. The molecule has 12 heteroatoms. The van der Waals surface area contributed by atoms with Crippen LogP contribution in [0.2, 0.25) is 0 Å². The van der Waals surface area contributed by atoms with E-state index in [2.05, 4.69) is 19.9 Å². The van der Waals surface area contributed by atoms with Crippen LogP contribution in [0.15, 0.2) is 36.4 Å². The zero-order valence-electron chi connectivity index (χ0n) is 22.0. The highest BCUT2D eigenvalue weighted by Crippen LogP contribution is 2.54. The summed E-state index contributed by atoms with van der Waals surface area (Å²) in [5.74, 6) is -2.23. The molecule has 2 saturated heterocycles. The second-order valence-electron chi connectivity index (χ2n) is 11.0. The molecule has 1 unspecified atom stereocenters. The third-order valence-electron chi connectivity index (χ3n) is 8.21. The lowest BCUT2D eigenvalue weighted by atomic mass is 9.93. The molecule has 0 bridgehead atoms. The lowest BCUT2D eigenvalue weighted by molar-refractivity contribution is -0.0221. The van der Waals surface area contributed by atoms with Gasteiger partial charge in [0.25, 0.3) is 11.8 Å². The number of sulfonamides is 1. The Kier molecular flexibility index (Phi) is 7.45. The second-order valence-corrected chi connectivity index (χ2v) is 13.1. The number of hydrogen-bond donors (Lipinski definition) is 3. The fraction of sp³-hybridized carbons (Fsp3) is 0.556. The number of alkyl halides is 2. The molecular weight excluding hydrogens is 528 g/mol. The Labute approximate surface area is 227 Å². The molecule has 212 valence electrons. The van der Waals surface area contributed by atoms with Crippen molar-refractivity contribution in [3.63, 3.8) is 0 Å². The zero-order chi connectivity index (χ0) is 27.8. The molecule has 1 aliphatic carbocycles. The third-order valence-corrected chi connectivity index (χ3v) is 9.93. The molecule has 0 radical (unpaired) electrons. The quantitative estimate of drug-likeness (QED) is 0.444. The van der Waals surface area contributed by atoms with Crippen molar-refractivity contribution in [1.82, 2.24) is 4.98 Å². The van der Waals surface area contributed by atoms with Gasteiger partial charge in [-0.3, -0.25) is 9.52 Å². The minimum atomic E-state index is -3.80. The molecule has 2 aromatic rings. The minimum absolute atomic E-state index is 0.185. The maximum Gasteiger partial charge on any atom is 0.258 e. The van der Waals surface area contributed by atoms with Crippen molar-refractivity contribution < 1.29 is 27.1 Å². The van der Waals surface area contributed by atoms with Gasteiger partial charge in [0, 0.05) is 39.0 Å². The topological polar surface area (TPSA) is 115 Å². The summed E-state index contributed by atoms with van der Waals surface area (Å²) in [7, 11) is -3.80. The molecule has 1 spiro atoms. The summed E-state index contributed by atoms with van der Waals surface area (Å²) in [6.45, 7) is 2.80. The van der Waals surface area contributed by atoms with Crippen molar-refractivity contribution in [2.45, 2.75) is 56.6 Å². The number of hydrogen-bond acceptors (Lipinski definition) is 7. The molecule has 2 aliphatic heterocycles. The van der Waals surface area contributed by atoms with E-state index in [9.17, 15) is 27.1 Å². The molecule has 3 fully saturated rings. The molecule has 5 rings (SSSR count). The van der Waals surface area contributed by atoms with E-state index in [1.54, 1.807) is 35.2 Å². The van der Waals surface area contributed by atoms with Crippen LogP contribution >= 0.6 is 0 Å². The Morgan fingerprint density at radius 2 is 1.69 bits per heavy atom. The third kappa shape index (κ3) is 6.27. The van der Waals surface area contributed by atoms with Gasteiger partial charge >= 0.3 is 0 Å². The van der Waals surface area contributed by atoms with Gasteiger partial charge in [0.2, 0.25) is 10.0 Å². The molecular formula is C27H35F2N5O4S. The van der Waals surface area contributed by atoms with E-state index < -0.39 is 33.7 Å². The number of nitrogens with zero attached hydrogens (tertiary/aromatic N) is 3. The number of aliphatic hydroxyl groups excluding tert-OH is 1. The van der Waals surface area contributed by atoms with E-state index in [-0.39, 0.29) is 25.9 Å². The first-order valence-corrected chi connectivity index (χ1v) is 15.0. The summed E-state index contributed by atoms with van der Waals surface area (Å²) in [5.41, 5.74) is 1.73. The Morgan fingerprint density at radius 1 is 1.03 bits per heavy atom. The highest BCUT2D eigenvalue weighted by atomic mass is 32.2. The van der Waals surface area contributed by atoms with Crippen LogP contribution in [0.5, 0.6) is 0 Å².